The molecule has 0 spiro atoms. The Morgan fingerprint density at radius 1 is 1.56 bits per heavy atom. The first kappa shape index (κ1) is 16.9. The number of aliphatic carboxylic acids is 1. The molecule has 8 heteroatoms. The van der Waals surface area contributed by atoms with Crippen molar-refractivity contribution in [3.05, 3.63) is 12.7 Å². The van der Waals surface area contributed by atoms with Gasteiger partial charge in [0.1, 0.15) is 15.9 Å². The third-order valence-corrected chi connectivity index (χ3v) is 4.17. The Balaban J connectivity index is 4.36. The van der Waals surface area contributed by atoms with Gasteiger partial charge in [-0.15, -0.1) is 6.58 Å². The molecule has 6 nitrogen and oxygen atoms in total. The molecule has 0 bridgehead atoms. The molecule has 0 rings (SSSR count). The molecule has 3 N–H and O–H groups in total. The van der Waals surface area contributed by atoms with Crippen molar-refractivity contribution in [3.63, 3.8) is 0 Å². The van der Waals surface area contributed by atoms with Crippen molar-refractivity contribution < 1.29 is 18.3 Å². The largest absolute Gasteiger partial charge is 0.480 e. The quantitative estimate of drug-likeness (QED) is 0.425. The Hall–Kier alpha value is -1.15. The van der Waals surface area contributed by atoms with Crippen molar-refractivity contribution in [3.8, 4) is 0 Å². The van der Waals surface area contributed by atoms with Gasteiger partial charge in [0, 0.05) is 12.3 Å². The zero-order valence-corrected chi connectivity index (χ0v) is 11.8. The normalized spacial score (nSPS) is 12.5. The minimum atomic E-state index is -3.18. The Kier molecular flexibility index (Phi) is 7.53. The van der Waals surface area contributed by atoms with Crippen LogP contribution in [0.1, 0.15) is 13.3 Å². The van der Waals surface area contributed by atoms with E-state index < -0.39 is 21.8 Å². The number of rotatable bonds is 8. The van der Waals surface area contributed by atoms with Crippen LogP contribution in [0.3, 0.4) is 0 Å². The standard InChI is InChI=1S/C10H18N2O4S2/c1-3-6-11-10(17)12-8(9(13)14)5-7-18(15,16)4-2/h3,8H,1,4-7H2,2H3,(H,13,14)(H2,11,12,17). The third kappa shape index (κ3) is 7.23. The van der Waals surface area contributed by atoms with Crippen LogP contribution in [0.25, 0.3) is 0 Å². The second kappa shape index (κ2) is 8.04. The van der Waals surface area contributed by atoms with Gasteiger partial charge in [0.2, 0.25) is 0 Å². The van der Waals surface area contributed by atoms with E-state index in [1.165, 1.54) is 6.92 Å². The van der Waals surface area contributed by atoms with Gasteiger partial charge in [-0.25, -0.2) is 13.2 Å². The summed E-state index contributed by atoms with van der Waals surface area (Å²) in [7, 11) is -3.18. The minimum absolute atomic E-state index is 0.00149. The van der Waals surface area contributed by atoms with E-state index in [0.29, 0.717) is 6.54 Å². The Bertz CT molecular complexity index is 406. The summed E-state index contributed by atoms with van der Waals surface area (Å²) in [6.07, 6.45) is 1.55. The predicted octanol–water partition coefficient (Wildman–Crippen LogP) is -0.0855. The Labute approximate surface area is 112 Å². The highest BCUT2D eigenvalue weighted by molar-refractivity contribution is 7.91. The lowest BCUT2D eigenvalue weighted by Gasteiger charge is -2.16. The van der Waals surface area contributed by atoms with Crippen molar-refractivity contribution >= 4 is 33.1 Å². The van der Waals surface area contributed by atoms with E-state index >= 15 is 0 Å². The molecule has 0 aromatic heterocycles. The van der Waals surface area contributed by atoms with Crippen molar-refractivity contribution in [1.82, 2.24) is 10.6 Å². The van der Waals surface area contributed by atoms with Gasteiger partial charge in [0.15, 0.2) is 5.11 Å². The lowest BCUT2D eigenvalue weighted by molar-refractivity contribution is -0.139. The maximum Gasteiger partial charge on any atom is 0.326 e. The van der Waals surface area contributed by atoms with E-state index in [1.54, 1.807) is 6.08 Å². The van der Waals surface area contributed by atoms with Gasteiger partial charge in [-0.05, 0) is 18.6 Å². The molecule has 0 aromatic rings. The average Bonchev–Trinajstić information content (AvgIpc) is 2.31. The van der Waals surface area contributed by atoms with Crippen LogP contribution in [0.2, 0.25) is 0 Å². The molecule has 104 valence electrons. The van der Waals surface area contributed by atoms with Crippen molar-refractivity contribution in [1.29, 1.82) is 0 Å². The second-order valence-electron chi connectivity index (χ2n) is 3.56. The molecule has 0 aromatic carbocycles. The van der Waals surface area contributed by atoms with Crippen LogP contribution in [0.15, 0.2) is 12.7 Å². The van der Waals surface area contributed by atoms with Gasteiger partial charge in [0.05, 0.1) is 5.75 Å². The summed E-state index contributed by atoms with van der Waals surface area (Å²) >= 11 is 4.87. The number of sulfone groups is 1. The van der Waals surface area contributed by atoms with Crippen LogP contribution in [-0.2, 0) is 14.6 Å². The van der Waals surface area contributed by atoms with Crippen LogP contribution in [0, 0.1) is 0 Å². The minimum Gasteiger partial charge on any atom is -0.480 e. The number of thiocarbonyl (C=S) groups is 1. The first-order valence-electron chi connectivity index (χ1n) is 5.41. The fourth-order valence-electron chi connectivity index (χ4n) is 1.07. The first-order valence-corrected chi connectivity index (χ1v) is 7.63. The van der Waals surface area contributed by atoms with Crippen molar-refractivity contribution in [2.75, 3.05) is 18.1 Å². The van der Waals surface area contributed by atoms with E-state index in [0.717, 1.165) is 0 Å². The van der Waals surface area contributed by atoms with Crippen LogP contribution < -0.4 is 10.6 Å². The Morgan fingerprint density at radius 2 is 2.17 bits per heavy atom. The summed E-state index contributed by atoms with van der Waals surface area (Å²) < 4.78 is 22.6. The highest BCUT2D eigenvalue weighted by atomic mass is 32.2. The maximum absolute atomic E-state index is 11.3. The highest BCUT2D eigenvalue weighted by Gasteiger charge is 2.21. The van der Waals surface area contributed by atoms with E-state index in [2.05, 4.69) is 17.2 Å². The smallest absolute Gasteiger partial charge is 0.326 e. The highest BCUT2D eigenvalue weighted by Crippen LogP contribution is 1.99. The number of carboxylic acid groups (broad SMARTS) is 1. The van der Waals surface area contributed by atoms with Gasteiger partial charge in [0.25, 0.3) is 0 Å². The summed E-state index contributed by atoms with van der Waals surface area (Å²) in [5.74, 6) is -1.32. The molecule has 0 heterocycles. The Morgan fingerprint density at radius 3 is 2.61 bits per heavy atom. The molecule has 0 saturated heterocycles. The number of hydrogen-bond acceptors (Lipinski definition) is 4. The molecule has 0 saturated carbocycles. The summed E-state index contributed by atoms with van der Waals surface area (Å²) in [6, 6.07) is -1.02. The van der Waals surface area contributed by atoms with E-state index in [9.17, 15) is 13.2 Å². The van der Waals surface area contributed by atoms with E-state index in [4.69, 9.17) is 17.3 Å². The summed E-state index contributed by atoms with van der Waals surface area (Å²) in [4.78, 5) is 10.9. The van der Waals surface area contributed by atoms with Gasteiger partial charge in [-0.3, -0.25) is 0 Å². The van der Waals surface area contributed by atoms with E-state index in [1.807, 2.05) is 0 Å². The SMILES string of the molecule is C=CCNC(=S)NC(CCS(=O)(=O)CC)C(=O)O. The van der Waals surface area contributed by atoms with Crippen LogP contribution in [0.5, 0.6) is 0 Å². The zero-order chi connectivity index (χ0) is 14.2. The second-order valence-corrected chi connectivity index (χ2v) is 6.44. The van der Waals surface area contributed by atoms with Gasteiger partial charge < -0.3 is 15.7 Å². The number of carboxylic acids is 1. The molecule has 1 atom stereocenters. The first-order chi connectivity index (χ1) is 8.32. The molecule has 18 heavy (non-hydrogen) atoms. The van der Waals surface area contributed by atoms with Gasteiger partial charge in [-0.1, -0.05) is 13.0 Å². The average molecular weight is 294 g/mol. The molecule has 0 aliphatic heterocycles. The summed E-state index contributed by atoms with van der Waals surface area (Å²) in [5.41, 5.74) is 0. The van der Waals surface area contributed by atoms with Crippen molar-refractivity contribution in [2.45, 2.75) is 19.4 Å². The number of carbonyl (C=O) groups is 1. The van der Waals surface area contributed by atoms with Crippen molar-refractivity contribution in [2.24, 2.45) is 0 Å². The molecule has 0 aliphatic carbocycles. The third-order valence-electron chi connectivity index (χ3n) is 2.17. The number of hydrogen-bond donors (Lipinski definition) is 3. The van der Waals surface area contributed by atoms with Gasteiger partial charge in [-0.2, -0.15) is 0 Å². The molecule has 0 aliphatic rings. The zero-order valence-electron chi connectivity index (χ0n) is 10.2. The number of nitrogens with one attached hydrogen (secondary N) is 2. The fourth-order valence-corrected chi connectivity index (χ4v) is 2.18. The van der Waals surface area contributed by atoms with Crippen LogP contribution >= 0.6 is 12.2 Å². The van der Waals surface area contributed by atoms with E-state index in [-0.39, 0.29) is 23.0 Å². The molecule has 0 fully saturated rings. The molecule has 0 amide bonds. The summed E-state index contributed by atoms with van der Waals surface area (Å²) in [6.45, 7) is 5.41. The maximum atomic E-state index is 11.3. The molecule has 0 radical (unpaired) electrons. The predicted molar refractivity (Wildman–Crippen MR) is 74.3 cm³/mol. The monoisotopic (exact) mass is 294 g/mol. The topological polar surface area (TPSA) is 95.5 Å². The van der Waals surface area contributed by atoms with Gasteiger partial charge >= 0.3 is 5.97 Å². The molecular formula is C10H18N2O4S2. The molecule has 1 unspecified atom stereocenters. The van der Waals surface area contributed by atoms with Crippen LogP contribution in [0.4, 0.5) is 0 Å². The lowest BCUT2D eigenvalue weighted by atomic mass is 10.2. The lowest BCUT2D eigenvalue weighted by Crippen LogP contribution is -2.46. The fraction of sp³-hybridized carbons (Fsp3) is 0.600. The molecular weight excluding hydrogens is 276 g/mol. The summed E-state index contributed by atoms with van der Waals surface area (Å²) in [5, 5.41) is 14.4. The van der Waals surface area contributed by atoms with Crippen LogP contribution in [-0.4, -0.2) is 48.7 Å².